The summed E-state index contributed by atoms with van der Waals surface area (Å²) in [5, 5.41) is 8.76. The fourth-order valence-electron chi connectivity index (χ4n) is 2.98. The van der Waals surface area contributed by atoms with Gasteiger partial charge in [-0.2, -0.15) is 5.26 Å². The highest BCUT2D eigenvalue weighted by molar-refractivity contribution is 5.34. The van der Waals surface area contributed by atoms with E-state index in [0.29, 0.717) is 11.8 Å². The van der Waals surface area contributed by atoms with Crippen molar-refractivity contribution in [3.63, 3.8) is 0 Å². The Morgan fingerprint density at radius 3 is 2.65 bits per heavy atom. The summed E-state index contributed by atoms with van der Waals surface area (Å²) in [6.45, 7) is 2.20. The van der Waals surface area contributed by atoms with E-state index in [9.17, 15) is 4.39 Å². The van der Waals surface area contributed by atoms with Crippen LogP contribution in [0.15, 0.2) is 30.4 Å². The van der Waals surface area contributed by atoms with Gasteiger partial charge < -0.3 is 0 Å². The maximum atomic E-state index is 13.7. The molecule has 0 amide bonds. The first kappa shape index (κ1) is 14.8. The average Bonchev–Trinajstić information content (AvgIpc) is 2.48. The zero-order chi connectivity index (χ0) is 14.4. The van der Waals surface area contributed by atoms with Crippen LogP contribution in [0.1, 0.15) is 62.5 Å². The van der Waals surface area contributed by atoms with Gasteiger partial charge in [0.1, 0.15) is 11.9 Å². The molecule has 1 saturated carbocycles. The summed E-state index contributed by atoms with van der Waals surface area (Å²) in [6, 6.07) is 6.95. The van der Waals surface area contributed by atoms with E-state index in [1.165, 1.54) is 25.7 Å². The highest BCUT2D eigenvalue weighted by Gasteiger charge is 2.21. The molecule has 0 spiro atoms. The first-order chi connectivity index (χ1) is 9.74. The van der Waals surface area contributed by atoms with Crippen molar-refractivity contribution >= 4 is 0 Å². The predicted octanol–water partition coefficient (Wildman–Crippen LogP) is 5.33. The Kier molecular flexibility index (Phi) is 5.35. The molecule has 0 radical (unpaired) electrons. The third kappa shape index (κ3) is 3.70. The third-order valence-electron chi connectivity index (χ3n) is 4.22. The van der Waals surface area contributed by atoms with E-state index in [4.69, 9.17) is 5.26 Å². The minimum Gasteiger partial charge on any atom is -0.206 e. The number of halogens is 1. The Labute approximate surface area is 121 Å². The molecule has 2 heteroatoms. The first-order valence-corrected chi connectivity index (χ1v) is 7.60. The minimum atomic E-state index is -0.380. The van der Waals surface area contributed by atoms with Gasteiger partial charge in [0.15, 0.2) is 0 Å². The Morgan fingerprint density at radius 1 is 1.30 bits per heavy atom. The summed E-state index contributed by atoms with van der Waals surface area (Å²) in [7, 11) is 0. The number of nitrogens with zero attached hydrogens (tertiary/aromatic N) is 1. The molecule has 0 heterocycles. The van der Waals surface area contributed by atoms with Crippen molar-refractivity contribution in [3.8, 4) is 6.07 Å². The van der Waals surface area contributed by atoms with Gasteiger partial charge >= 0.3 is 0 Å². The molecule has 20 heavy (non-hydrogen) atoms. The number of hydrogen-bond acceptors (Lipinski definition) is 1. The SMILES string of the molecule is CCCC=C[C@H]1CC[C@H](c2ccc(C#N)c(F)c2)CC1. The number of rotatable bonds is 4. The van der Waals surface area contributed by atoms with Crippen LogP contribution in [0.4, 0.5) is 4.39 Å². The van der Waals surface area contributed by atoms with Crippen molar-refractivity contribution in [3.05, 3.63) is 47.3 Å². The van der Waals surface area contributed by atoms with E-state index < -0.39 is 0 Å². The molecule has 1 aliphatic carbocycles. The quantitative estimate of drug-likeness (QED) is 0.679. The molecule has 106 valence electrons. The fraction of sp³-hybridized carbons (Fsp3) is 0.500. The second kappa shape index (κ2) is 7.24. The minimum absolute atomic E-state index is 0.143. The largest absolute Gasteiger partial charge is 0.206 e. The zero-order valence-corrected chi connectivity index (χ0v) is 12.1. The van der Waals surface area contributed by atoms with Crippen LogP contribution in [-0.2, 0) is 0 Å². The Hall–Kier alpha value is -1.62. The molecular formula is C18H22FN. The molecule has 1 nitrogen and oxygen atoms in total. The van der Waals surface area contributed by atoms with Crippen molar-refractivity contribution < 1.29 is 4.39 Å². The lowest BCUT2D eigenvalue weighted by atomic mass is 9.78. The van der Waals surface area contributed by atoms with Crippen LogP contribution in [0.5, 0.6) is 0 Å². The molecular weight excluding hydrogens is 249 g/mol. The van der Waals surface area contributed by atoms with Gasteiger partial charge in [-0.1, -0.05) is 31.6 Å². The van der Waals surface area contributed by atoms with Crippen molar-refractivity contribution in [2.24, 2.45) is 5.92 Å². The van der Waals surface area contributed by atoms with Crippen molar-refractivity contribution in [2.45, 2.75) is 51.4 Å². The molecule has 0 aliphatic heterocycles. The maximum Gasteiger partial charge on any atom is 0.141 e. The molecule has 1 aromatic carbocycles. The van der Waals surface area contributed by atoms with E-state index in [2.05, 4.69) is 19.1 Å². The lowest BCUT2D eigenvalue weighted by Gasteiger charge is -2.27. The molecule has 0 aromatic heterocycles. The van der Waals surface area contributed by atoms with Gasteiger partial charge in [-0.3, -0.25) is 0 Å². The normalized spacial score (nSPS) is 22.9. The number of hydrogen-bond donors (Lipinski definition) is 0. The van der Waals surface area contributed by atoms with E-state index in [1.54, 1.807) is 12.1 Å². The number of nitriles is 1. The lowest BCUT2D eigenvalue weighted by molar-refractivity contribution is 0.374. The van der Waals surface area contributed by atoms with Gasteiger partial charge in [0.2, 0.25) is 0 Å². The summed E-state index contributed by atoms with van der Waals surface area (Å²) in [4.78, 5) is 0. The second-order valence-electron chi connectivity index (χ2n) is 5.68. The summed E-state index contributed by atoms with van der Waals surface area (Å²) < 4.78 is 13.7. The van der Waals surface area contributed by atoms with Crippen molar-refractivity contribution in [1.29, 1.82) is 5.26 Å². The van der Waals surface area contributed by atoms with E-state index in [-0.39, 0.29) is 11.4 Å². The summed E-state index contributed by atoms with van der Waals surface area (Å²) >= 11 is 0. The fourth-order valence-corrected chi connectivity index (χ4v) is 2.98. The van der Waals surface area contributed by atoms with Crippen molar-refractivity contribution in [2.75, 3.05) is 0 Å². The highest BCUT2D eigenvalue weighted by atomic mass is 19.1. The van der Waals surface area contributed by atoms with Crippen LogP contribution in [0.3, 0.4) is 0 Å². The average molecular weight is 271 g/mol. The van der Waals surface area contributed by atoms with Crippen LogP contribution in [0.25, 0.3) is 0 Å². The van der Waals surface area contributed by atoms with Crippen molar-refractivity contribution in [1.82, 2.24) is 0 Å². The Morgan fingerprint density at radius 2 is 2.05 bits per heavy atom. The zero-order valence-electron chi connectivity index (χ0n) is 12.1. The molecule has 1 fully saturated rings. The van der Waals surface area contributed by atoms with Crippen LogP contribution in [0, 0.1) is 23.1 Å². The molecule has 0 saturated heterocycles. The first-order valence-electron chi connectivity index (χ1n) is 7.60. The summed E-state index contributed by atoms with van der Waals surface area (Å²) in [5.74, 6) is 0.768. The van der Waals surface area contributed by atoms with Gasteiger partial charge in [-0.25, -0.2) is 4.39 Å². The standard InChI is InChI=1S/C18H22FN/c1-2-3-4-5-14-6-8-15(9-7-14)16-10-11-17(13-20)18(19)12-16/h4-5,10-12,14-15H,2-3,6-9H2,1H3/t14-,15-. The third-order valence-corrected chi connectivity index (χ3v) is 4.22. The summed E-state index contributed by atoms with van der Waals surface area (Å²) in [6.07, 6.45) is 11.6. The van der Waals surface area contributed by atoms with Crippen LogP contribution < -0.4 is 0 Å². The molecule has 0 atom stereocenters. The van der Waals surface area contributed by atoms with E-state index >= 15 is 0 Å². The molecule has 1 aliphatic rings. The molecule has 0 N–H and O–H groups in total. The topological polar surface area (TPSA) is 23.8 Å². The second-order valence-corrected chi connectivity index (χ2v) is 5.68. The number of unbranched alkanes of at least 4 members (excludes halogenated alkanes) is 1. The van der Waals surface area contributed by atoms with Crippen LogP contribution in [0.2, 0.25) is 0 Å². The van der Waals surface area contributed by atoms with E-state index in [1.807, 2.05) is 12.1 Å². The predicted molar refractivity (Wildman–Crippen MR) is 79.9 cm³/mol. The molecule has 1 aromatic rings. The lowest BCUT2D eigenvalue weighted by Crippen LogP contribution is -2.12. The molecule has 0 bridgehead atoms. The van der Waals surface area contributed by atoms with Gasteiger partial charge in [-0.15, -0.1) is 0 Å². The van der Waals surface area contributed by atoms with E-state index in [0.717, 1.165) is 18.4 Å². The maximum absolute atomic E-state index is 13.7. The van der Waals surface area contributed by atoms with Crippen LogP contribution in [-0.4, -0.2) is 0 Å². The number of benzene rings is 1. The monoisotopic (exact) mass is 271 g/mol. The van der Waals surface area contributed by atoms with Gasteiger partial charge in [-0.05, 0) is 61.6 Å². The molecule has 2 rings (SSSR count). The molecule has 0 unspecified atom stereocenters. The van der Waals surface area contributed by atoms with Gasteiger partial charge in [0.05, 0.1) is 5.56 Å². The Balaban J connectivity index is 1.94. The van der Waals surface area contributed by atoms with Crippen LogP contribution >= 0.6 is 0 Å². The smallest absolute Gasteiger partial charge is 0.141 e. The number of allylic oxidation sites excluding steroid dienone is 2. The highest BCUT2D eigenvalue weighted by Crippen LogP contribution is 2.36. The summed E-state index contributed by atoms with van der Waals surface area (Å²) in [5.41, 5.74) is 1.20. The Bertz CT molecular complexity index is 505. The van der Waals surface area contributed by atoms with Gasteiger partial charge in [0.25, 0.3) is 0 Å². The van der Waals surface area contributed by atoms with Gasteiger partial charge in [0, 0.05) is 0 Å².